The molecule has 106 valence electrons. The minimum absolute atomic E-state index is 0.0518. The van der Waals surface area contributed by atoms with E-state index in [2.05, 4.69) is 10.3 Å². The van der Waals surface area contributed by atoms with Crippen molar-refractivity contribution in [2.75, 3.05) is 0 Å². The first-order valence-corrected chi connectivity index (χ1v) is 7.00. The largest absolute Gasteiger partial charge is 0.342 e. The lowest BCUT2D eigenvalue weighted by Crippen LogP contribution is -2.30. The van der Waals surface area contributed by atoms with E-state index in [0.717, 1.165) is 11.4 Å². The van der Waals surface area contributed by atoms with Gasteiger partial charge in [-0.3, -0.25) is 4.79 Å². The van der Waals surface area contributed by atoms with Crippen LogP contribution in [0, 0.1) is 0 Å². The third kappa shape index (κ3) is 3.14. The summed E-state index contributed by atoms with van der Waals surface area (Å²) >= 11 is 12.0. The van der Waals surface area contributed by atoms with Gasteiger partial charge in [0.2, 0.25) is 5.91 Å². The highest BCUT2D eigenvalue weighted by atomic mass is 35.5. The van der Waals surface area contributed by atoms with Gasteiger partial charge in [0, 0.05) is 25.9 Å². The molecule has 0 spiro atoms. The summed E-state index contributed by atoms with van der Waals surface area (Å²) in [7, 11) is 1.88. The molecule has 2 rings (SSSR count). The molecular formula is C14H15Cl2N3O. The molecule has 0 aliphatic heterocycles. The monoisotopic (exact) mass is 311 g/mol. The number of rotatable bonds is 4. The van der Waals surface area contributed by atoms with Crippen molar-refractivity contribution in [3.63, 3.8) is 0 Å². The number of carbonyl (C=O) groups is 1. The third-order valence-electron chi connectivity index (χ3n) is 3.02. The molecule has 1 N–H and O–H groups in total. The number of amides is 1. The van der Waals surface area contributed by atoms with Crippen LogP contribution in [0.15, 0.2) is 30.6 Å². The minimum atomic E-state index is -0.350. The normalized spacial score (nSPS) is 12.2. The van der Waals surface area contributed by atoms with Crippen LogP contribution in [0.2, 0.25) is 10.0 Å². The van der Waals surface area contributed by atoms with Crippen molar-refractivity contribution < 1.29 is 4.79 Å². The van der Waals surface area contributed by atoms with Gasteiger partial charge in [0.05, 0.1) is 10.0 Å². The topological polar surface area (TPSA) is 46.9 Å². The summed E-state index contributed by atoms with van der Waals surface area (Å²) in [5, 5.41) is 3.88. The standard InChI is InChI=1S/C14H15Cl2N3O/c1-3-12(20)18-13(14-17-6-7-19(14)2)9-4-5-10(15)11(16)8-9/h4-8,13H,3H2,1-2H3,(H,18,20). The zero-order valence-electron chi connectivity index (χ0n) is 11.2. The lowest BCUT2D eigenvalue weighted by atomic mass is 10.1. The molecule has 6 heteroatoms. The van der Waals surface area contributed by atoms with Gasteiger partial charge in [0.1, 0.15) is 11.9 Å². The average molecular weight is 312 g/mol. The van der Waals surface area contributed by atoms with Crippen LogP contribution in [0.25, 0.3) is 0 Å². The molecule has 1 atom stereocenters. The molecule has 0 fully saturated rings. The van der Waals surface area contributed by atoms with E-state index >= 15 is 0 Å². The lowest BCUT2D eigenvalue weighted by Gasteiger charge is -2.19. The second-order valence-electron chi connectivity index (χ2n) is 4.42. The quantitative estimate of drug-likeness (QED) is 0.941. The van der Waals surface area contributed by atoms with E-state index in [4.69, 9.17) is 23.2 Å². The van der Waals surface area contributed by atoms with Crippen molar-refractivity contribution in [1.82, 2.24) is 14.9 Å². The summed E-state index contributed by atoms with van der Waals surface area (Å²) in [5.74, 6) is 0.689. The molecule has 4 nitrogen and oxygen atoms in total. The zero-order valence-corrected chi connectivity index (χ0v) is 12.7. The molecule has 0 saturated heterocycles. The first kappa shape index (κ1) is 14.9. The van der Waals surface area contributed by atoms with E-state index in [0.29, 0.717) is 16.5 Å². The number of imidazole rings is 1. The fraction of sp³-hybridized carbons (Fsp3) is 0.286. The number of hydrogen-bond acceptors (Lipinski definition) is 2. The average Bonchev–Trinajstić information content (AvgIpc) is 2.85. The molecule has 20 heavy (non-hydrogen) atoms. The fourth-order valence-electron chi connectivity index (χ4n) is 1.91. The van der Waals surface area contributed by atoms with Gasteiger partial charge < -0.3 is 9.88 Å². The Morgan fingerprint density at radius 3 is 2.70 bits per heavy atom. The Bertz CT molecular complexity index is 625. The summed E-state index contributed by atoms with van der Waals surface area (Å²) in [6.07, 6.45) is 3.93. The fourth-order valence-corrected chi connectivity index (χ4v) is 2.21. The SMILES string of the molecule is CCC(=O)NC(c1ccc(Cl)c(Cl)c1)c1nccn1C. The summed E-state index contributed by atoms with van der Waals surface area (Å²) in [4.78, 5) is 16.1. The van der Waals surface area contributed by atoms with Crippen LogP contribution in [-0.2, 0) is 11.8 Å². The summed E-state index contributed by atoms with van der Waals surface area (Å²) < 4.78 is 1.86. The molecule has 1 heterocycles. The summed E-state index contributed by atoms with van der Waals surface area (Å²) in [5.41, 5.74) is 0.843. The Morgan fingerprint density at radius 2 is 2.15 bits per heavy atom. The molecule has 1 amide bonds. The number of aryl methyl sites for hydroxylation is 1. The maximum Gasteiger partial charge on any atom is 0.220 e. The van der Waals surface area contributed by atoms with Crippen molar-refractivity contribution in [2.24, 2.45) is 7.05 Å². The Labute approximate surface area is 127 Å². The van der Waals surface area contributed by atoms with Crippen LogP contribution < -0.4 is 5.32 Å². The van der Waals surface area contributed by atoms with Crippen molar-refractivity contribution >= 4 is 29.1 Å². The Morgan fingerprint density at radius 1 is 1.40 bits per heavy atom. The van der Waals surface area contributed by atoms with Crippen molar-refractivity contribution in [1.29, 1.82) is 0 Å². The van der Waals surface area contributed by atoms with Gasteiger partial charge in [0.15, 0.2) is 0 Å². The smallest absolute Gasteiger partial charge is 0.220 e. The second-order valence-corrected chi connectivity index (χ2v) is 5.24. The highest BCUT2D eigenvalue weighted by molar-refractivity contribution is 6.42. The summed E-state index contributed by atoms with van der Waals surface area (Å²) in [6, 6.07) is 4.95. The van der Waals surface area contributed by atoms with Gasteiger partial charge in [-0.25, -0.2) is 4.98 Å². The third-order valence-corrected chi connectivity index (χ3v) is 3.76. The number of hydrogen-bond donors (Lipinski definition) is 1. The Balaban J connectivity index is 2.43. The molecule has 0 radical (unpaired) electrons. The van der Waals surface area contributed by atoms with Crippen LogP contribution in [0.1, 0.15) is 30.8 Å². The highest BCUT2D eigenvalue weighted by Gasteiger charge is 2.20. The van der Waals surface area contributed by atoms with Gasteiger partial charge >= 0.3 is 0 Å². The van der Waals surface area contributed by atoms with E-state index in [-0.39, 0.29) is 11.9 Å². The van der Waals surface area contributed by atoms with E-state index < -0.39 is 0 Å². The highest BCUT2D eigenvalue weighted by Crippen LogP contribution is 2.28. The zero-order chi connectivity index (χ0) is 14.7. The van der Waals surface area contributed by atoms with Gasteiger partial charge in [0.25, 0.3) is 0 Å². The predicted molar refractivity (Wildman–Crippen MR) is 79.9 cm³/mol. The van der Waals surface area contributed by atoms with Gasteiger partial charge in [-0.1, -0.05) is 36.2 Å². The van der Waals surface area contributed by atoms with Crippen molar-refractivity contribution in [3.8, 4) is 0 Å². The number of nitrogens with one attached hydrogen (secondary N) is 1. The predicted octanol–water partition coefficient (Wildman–Crippen LogP) is 3.34. The maximum atomic E-state index is 11.7. The van der Waals surface area contributed by atoms with Crippen molar-refractivity contribution in [2.45, 2.75) is 19.4 Å². The van der Waals surface area contributed by atoms with E-state index in [1.54, 1.807) is 25.3 Å². The van der Waals surface area contributed by atoms with Crippen LogP contribution in [0.4, 0.5) is 0 Å². The van der Waals surface area contributed by atoms with Crippen LogP contribution >= 0.6 is 23.2 Å². The molecular weight excluding hydrogens is 297 g/mol. The number of halogens is 2. The molecule has 0 saturated carbocycles. The molecule has 1 unspecified atom stereocenters. The Hall–Kier alpha value is -1.52. The molecule has 0 aliphatic rings. The van der Waals surface area contributed by atoms with Crippen LogP contribution in [0.3, 0.4) is 0 Å². The van der Waals surface area contributed by atoms with Gasteiger partial charge in [-0.15, -0.1) is 0 Å². The molecule has 1 aromatic carbocycles. The number of nitrogens with zero attached hydrogens (tertiary/aromatic N) is 2. The van der Waals surface area contributed by atoms with E-state index in [9.17, 15) is 4.79 Å². The minimum Gasteiger partial charge on any atom is -0.342 e. The van der Waals surface area contributed by atoms with Gasteiger partial charge in [-0.05, 0) is 17.7 Å². The Kier molecular flexibility index (Phi) is 4.68. The van der Waals surface area contributed by atoms with E-state index in [1.165, 1.54) is 0 Å². The molecule has 0 aliphatic carbocycles. The number of aromatic nitrogens is 2. The maximum absolute atomic E-state index is 11.7. The van der Waals surface area contributed by atoms with Crippen molar-refractivity contribution in [3.05, 3.63) is 52.0 Å². The first-order valence-electron chi connectivity index (χ1n) is 6.24. The number of benzene rings is 1. The lowest BCUT2D eigenvalue weighted by molar-refractivity contribution is -0.121. The van der Waals surface area contributed by atoms with Crippen LogP contribution in [0.5, 0.6) is 0 Å². The van der Waals surface area contributed by atoms with E-state index in [1.807, 2.05) is 23.9 Å². The molecule has 1 aromatic heterocycles. The molecule has 0 bridgehead atoms. The summed E-state index contributed by atoms with van der Waals surface area (Å²) in [6.45, 7) is 1.81. The van der Waals surface area contributed by atoms with Crippen LogP contribution in [-0.4, -0.2) is 15.5 Å². The van der Waals surface area contributed by atoms with Gasteiger partial charge in [-0.2, -0.15) is 0 Å². The first-order chi connectivity index (χ1) is 9.52. The molecule has 2 aromatic rings. The second kappa shape index (κ2) is 6.29. The number of carbonyl (C=O) groups excluding carboxylic acids is 1.